The van der Waals surface area contributed by atoms with Crippen molar-refractivity contribution in [2.45, 2.75) is 13.8 Å². The first-order chi connectivity index (χ1) is 6.29. The SMILES string of the molecule is Cc1cccc(-c2cs[c]n2)c1C. The molecule has 2 heteroatoms. The van der Waals surface area contributed by atoms with E-state index in [0.717, 1.165) is 5.69 Å². The van der Waals surface area contributed by atoms with Crippen LogP contribution in [-0.2, 0) is 0 Å². The van der Waals surface area contributed by atoms with Gasteiger partial charge in [-0.25, -0.2) is 4.98 Å². The molecule has 1 radical (unpaired) electrons. The topological polar surface area (TPSA) is 12.9 Å². The lowest BCUT2D eigenvalue weighted by Crippen LogP contribution is -1.86. The molecule has 1 heterocycles. The molecule has 2 aromatic rings. The zero-order valence-electron chi connectivity index (χ0n) is 7.66. The molecule has 1 nitrogen and oxygen atoms in total. The minimum atomic E-state index is 1.03. The predicted molar refractivity (Wildman–Crippen MR) is 55.9 cm³/mol. The summed E-state index contributed by atoms with van der Waals surface area (Å²) in [5.41, 5.74) is 7.74. The summed E-state index contributed by atoms with van der Waals surface area (Å²) >= 11 is 1.51. The van der Waals surface area contributed by atoms with E-state index < -0.39 is 0 Å². The maximum Gasteiger partial charge on any atom is 0.152 e. The lowest BCUT2D eigenvalue weighted by atomic mass is 10.0. The van der Waals surface area contributed by atoms with E-state index in [9.17, 15) is 0 Å². The molecule has 13 heavy (non-hydrogen) atoms. The Morgan fingerprint density at radius 3 is 2.85 bits per heavy atom. The van der Waals surface area contributed by atoms with Gasteiger partial charge in [0.2, 0.25) is 0 Å². The average molecular weight is 188 g/mol. The van der Waals surface area contributed by atoms with Gasteiger partial charge in [0, 0.05) is 10.9 Å². The van der Waals surface area contributed by atoms with E-state index in [-0.39, 0.29) is 0 Å². The van der Waals surface area contributed by atoms with Gasteiger partial charge in [0.25, 0.3) is 0 Å². The third kappa shape index (κ3) is 1.49. The van der Waals surface area contributed by atoms with E-state index in [1.807, 2.05) is 5.38 Å². The van der Waals surface area contributed by atoms with Crippen LogP contribution in [0, 0.1) is 19.4 Å². The quantitative estimate of drug-likeness (QED) is 0.669. The number of aryl methyl sites for hydroxylation is 1. The van der Waals surface area contributed by atoms with E-state index in [1.165, 1.54) is 28.0 Å². The molecule has 0 saturated carbocycles. The Hall–Kier alpha value is -1.15. The number of thiazole rings is 1. The number of hydrogen-bond donors (Lipinski definition) is 0. The molecule has 1 aromatic carbocycles. The van der Waals surface area contributed by atoms with Crippen molar-refractivity contribution >= 4 is 11.3 Å². The number of rotatable bonds is 1. The fourth-order valence-corrected chi connectivity index (χ4v) is 1.83. The van der Waals surface area contributed by atoms with Crippen molar-refractivity contribution in [1.82, 2.24) is 4.98 Å². The highest BCUT2D eigenvalue weighted by Gasteiger charge is 2.04. The monoisotopic (exact) mass is 188 g/mol. The summed E-state index contributed by atoms with van der Waals surface area (Å²) in [6.45, 7) is 4.25. The van der Waals surface area contributed by atoms with E-state index >= 15 is 0 Å². The van der Waals surface area contributed by atoms with Crippen LogP contribution in [0.1, 0.15) is 11.1 Å². The van der Waals surface area contributed by atoms with Crippen LogP contribution in [0.5, 0.6) is 0 Å². The molecular formula is C11H10NS. The molecule has 0 bridgehead atoms. The zero-order chi connectivity index (χ0) is 9.26. The second-order valence-electron chi connectivity index (χ2n) is 3.07. The molecule has 2 rings (SSSR count). The summed E-state index contributed by atoms with van der Waals surface area (Å²) in [7, 11) is 0. The van der Waals surface area contributed by atoms with Gasteiger partial charge in [-0.3, -0.25) is 0 Å². The third-order valence-electron chi connectivity index (χ3n) is 2.27. The van der Waals surface area contributed by atoms with Crippen molar-refractivity contribution in [3.63, 3.8) is 0 Å². The lowest BCUT2D eigenvalue weighted by molar-refractivity contribution is 1.31. The standard InChI is InChI=1S/C11H10NS/c1-8-4-3-5-10(9(8)2)11-6-13-7-12-11/h3-6H,1-2H3. The average Bonchev–Trinajstić information content (AvgIpc) is 2.62. The first kappa shape index (κ1) is 8.45. The number of aromatic nitrogens is 1. The van der Waals surface area contributed by atoms with Gasteiger partial charge in [0.1, 0.15) is 0 Å². The van der Waals surface area contributed by atoms with Crippen LogP contribution in [0.15, 0.2) is 23.6 Å². The summed E-state index contributed by atoms with van der Waals surface area (Å²) in [6.07, 6.45) is 0. The molecule has 1 aromatic heterocycles. The summed E-state index contributed by atoms with van der Waals surface area (Å²) < 4.78 is 0. The van der Waals surface area contributed by atoms with Crippen LogP contribution in [0.4, 0.5) is 0 Å². The molecule has 65 valence electrons. The summed E-state index contributed by atoms with van der Waals surface area (Å²) in [4.78, 5) is 4.18. The van der Waals surface area contributed by atoms with Crippen LogP contribution in [0.25, 0.3) is 11.3 Å². The number of benzene rings is 1. The fourth-order valence-electron chi connectivity index (χ4n) is 1.34. The van der Waals surface area contributed by atoms with Gasteiger partial charge >= 0.3 is 0 Å². The highest BCUT2D eigenvalue weighted by atomic mass is 32.1. The van der Waals surface area contributed by atoms with Crippen LogP contribution >= 0.6 is 11.3 Å². The van der Waals surface area contributed by atoms with Crippen molar-refractivity contribution in [1.29, 1.82) is 0 Å². The third-order valence-corrected chi connectivity index (χ3v) is 2.81. The molecule has 0 atom stereocenters. The Labute approximate surface area is 82.1 Å². The minimum absolute atomic E-state index is 1.03. The molecule has 0 aliphatic rings. The molecule has 0 saturated heterocycles. The summed E-state index contributed by atoms with van der Waals surface area (Å²) in [5, 5.41) is 2.03. The van der Waals surface area contributed by atoms with E-state index in [1.54, 1.807) is 0 Å². The van der Waals surface area contributed by atoms with Crippen LogP contribution < -0.4 is 0 Å². The minimum Gasteiger partial charge on any atom is -0.233 e. The van der Waals surface area contributed by atoms with E-state index in [4.69, 9.17) is 0 Å². The van der Waals surface area contributed by atoms with Crippen molar-refractivity contribution in [3.05, 3.63) is 40.2 Å². The first-order valence-electron chi connectivity index (χ1n) is 4.17. The Balaban J connectivity index is 2.59. The predicted octanol–water partition coefficient (Wildman–Crippen LogP) is 3.23. The van der Waals surface area contributed by atoms with Gasteiger partial charge in [0.15, 0.2) is 5.51 Å². The van der Waals surface area contributed by atoms with Crippen LogP contribution in [0.3, 0.4) is 0 Å². The summed E-state index contributed by atoms with van der Waals surface area (Å²) in [5.74, 6) is 0. The Bertz CT molecular complexity index is 404. The maximum atomic E-state index is 4.18. The Morgan fingerprint density at radius 2 is 2.15 bits per heavy atom. The van der Waals surface area contributed by atoms with Crippen molar-refractivity contribution in [3.8, 4) is 11.3 Å². The van der Waals surface area contributed by atoms with Gasteiger partial charge in [-0.2, -0.15) is 0 Å². The molecule has 0 unspecified atom stereocenters. The molecule has 0 aliphatic heterocycles. The van der Waals surface area contributed by atoms with Gasteiger partial charge in [0.05, 0.1) is 5.69 Å². The van der Waals surface area contributed by atoms with Crippen LogP contribution in [-0.4, -0.2) is 4.98 Å². The molecule has 0 amide bonds. The second kappa shape index (κ2) is 3.30. The highest BCUT2D eigenvalue weighted by molar-refractivity contribution is 7.07. The Kier molecular flexibility index (Phi) is 2.15. The number of hydrogen-bond acceptors (Lipinski definition) is 2. The molecule has 0 aliphatic carbocycles. The second-order valence-corrected chi connectivity index (χ2v) is 3.73. The Morgan fingerprint density at radius 1 is 1.31 bits per heavy atom. The maximum absolute atomic E-state index is 4.18. The first-order valence-corrected chi connectivity index (χ1v) is 5.05. The van der Waals surface area contributed by atoms with Gasteiger partial charge in [-0.1, -0.05) is 18.2 Å². The number of nitrogens with zero attached hydrogens (tertiary/aromatic N) is 1. The highest BCUT2D eigenvalue weighted by Crippen LogP contribution is 2.24. The van der Waals surface area contributed by atoms with E-state index in [2.05, 4.69) is 42.5 Å². The molecule has 0 spiro atoms. The van der Waals surface area contributed by atoms with Crippen molar-refractivity contribution < 1.29 is 0 Å². The lowest BCUT2D eigenvalue weighted by Gasteiger charge is -2.04. The van der Waals surface area contributed by atoms with Gasteiger partial charge in [-0.05, 0) is 25.0 Å². The van der Waals surface area contributed by atoms with Crippen molar-refractivity contribution in [2.75, 3.05) is 0 Å². The van der Waals surface area contributed by atoms with Crippen LogP contribution in [0.2, 0.25) is 0 Å². The molecular weight excluding hydrogens is 178 g/mol. The summed E-state index contributed by atoms with van der Waals surface area (Å²) in [6, 6.07) is 6.29. The van der Waals surface area contributed by atoms with Gasteiger partial charge in [-0.15, -0.1) is 11.3 Å². The molecule has 0 N–H and O–H groups in total. The van der Waals surface area contributed by atoms with Crippen molar-refractivity contribution in [2.24, 2.45) is 0 Å². The van der Waals surface area contributed by atoms with Gasteiger partial charge < -0.3 is 0 Å². The largest absolute Gasteiger partial charge is 0.233 e. The smallest absolute Gasteiger partial charge is 0.152 e. The fraction of sp³-hybridized carbons (Fsp3) is 0.182. The zero-order valence-corrected chi connectivity index (χ0v) is 8.48. The molecule has 0 fully saturated rings. The van der Waals surface area contributed by atoms with E-state index in [0.29, 0.717) is 0 Å². The normalized spacial score (nSPS) is 10.3.